The molecule has 0 saturated heterocycles. The highest BCUT2D eigenvalue weighted by atomic mass is 16.4. The third-order valence-electron chi connectivity index (χ3n) is 3.59. The van der Waals surface area contributed by atoms with Crippen LogP contribution in [0.1, 0.15) is 35.2 Å². The lowest BCUT2D eigenvalue weighted by Gasteiger charge is -2.29. The normalized spacial score (nSPS) is 13.8. The molecule has 112 valence electrons. The molecule has 21 heavy (non-hydrogen) atoms. The zero-order valence-electron chi connectivity index (χ0n) is 11.9. The van der Waals surface area contributed by atoms with Gasteiger partial charge in [0.05, 0.1) is 5.56 Å². The molecule has 6 nitrogen and oxygen atoms in total. The minimum absolute atomic E-state index is 0.0162. The fourth-order valence-corrected chi connectivity index (χ4v) is 2.46. The van der Waals surface area contributed by atoms with Gasteiger partial charge in [0.25, 0.3) is 0 Å². The lowest BCUT2D eigenvalue weighted by Crippen LogP contribution is -2.36. The molecule has 1 aromatic carbocycles. The zero-order valence-corrected chi connectivity index (χ0v) is 11.9. The van der Waals surface area contributed by atoms with Gasteiger partial charge in [-0.3, -0.25) is 9.59 Å². The summed E-state index contributed by atoms with van der Waals surface area (Å²) in [6.45, 7) is 0.464. The smallest absolute Gasteiger partial charge is 0.335 e. The Morgan fingerprint density at radius 1 is 1.33 bits per heavy atom. The molecular formula is C15H18N2O4. The average Bonchev–Trinajstić information content (AvgIpc) is 2.48. The molecule has 0 radical (unpaired) electrons. The third-order valence-corrected chi connectivity index (χ3v) is 3.59. The summed E-state index contributed by atoms with van der Waals surface area (Å²) in [5, 5.41) is 11.6. The molecule has 0 fully saturated rings. The predicted molar refractivity (Wildman–Crippen MR) is 77.4 cm³/mol. The first kappa shape index (κ1) is 15.0. The molecule has 1 aromatic rings. The van der Waals surface area contributed by atoms with Crippen LogP contribution in [-0.4, -0.2) is 36.5 Å². The minimum Gasteiger partial charge on any atom is -0.478 e. The van der Waals surface area contributed by atoms with Crippen LogP contribution in [0.15, 0.2) is 18.2 Å². The standard InChI is InChI=1S/C15H18N2O4/c1-16-13(18)3-2-8-17-12-6-4-11(15(20)21)9-10(12)5-7-14(17)19/h4,6,9H,2-3,5,7-8H2,1H3,(H,16,18)(H,20,21). The number of aryl methyl sites for hydroxylation is 1. The van der Waals surface area contributed by atoms with Crippen molar-refractivity contribution in [2.75, 3.05) is 18.5 Å². The van der Waals surface area contributed by atoms with Crippen LogP contribution in [0.25, 0.3) is 0 Å². The van der Waals surface area contributed by atoms with Crippen LogP contribution in [0.4, 0.5) is 5.69 Å². The number of aromatic carboxylic acids is 1. The number of carboxylic acid groups (broad SMARTS) is 1. The first-order chi connectivity index (χ1) is 10.0. The maximum Gasteiger partial charge on any atom is 0.335 e. The first-order valence-corrected chi connectivity index (χ1v) is 6.90. The number of fused-ring (bicyclic) bond motifs is 1. The lowest BCUT2D eigenvalue weighted by molar-refractivity contribution is -0.121. The Morgan fingerprint density at radius 2 is 2.10 bits per heavy atom. The van der Waals surface area contributed by atoms with Crippen molar-refractivity contribution < 1.29 is 19.5 Å². The van der Waals surface area contributed by atoms with Crippen molar-refractivity contribution in [3.05, 3.63) is 29.3 Å². The Balaban J connectivity index is 2.14. The van der Waals surface area contributed by atoms with Gasteiger partial charge < -0.3 is 15.3 Å². The number of nitrogens with one attached hydrogen (secondary N) is 1. The zero-order chi connectivity index (χ0) is 15.4. The number of carbonyl (C=O) groups excluding carboxylic acids is 2. The van der Waals surface area contributed by atoms with Crippen molar-refractivity contribution >= 4 is 23.5 Å². The summed E-state index contributed by atoms with van der Waals surface area (Å²) in [6.07, 6.45) is 1.87. The number of benzene rings is 1. The number of anilines is 1. The minimum atomic E-state index is -0.971. The van der Waals surface area contributed by atoms with E-state index in [-0.39, 0.29) is 17.4 Å². The van der Waals surface area contributed by atoms with Gasteiger partial charge in [-0.05, 0) is 36.6 Å². The van der Waals surface area contributed by atoms with Gasteiger partial charge >= 0.3 is 5.97 Å². The SMILES string of the molecule is CNC(=O)CCCN1C(=O)CCc2cc(C(=O)O)ccc21. The van der Waals surface area contributed by atoms with E-state index in [0.29, 0.717) is 32.2 Å². The number of hydrogen-bond acceptors (Lipinski definition) is 3. The quantitative estimate of drug-likeness (QED) is 0.853. The summed E-state index contributed by atoms with van der Waals surface area (Å²) in [5.41, 5.74) is 1.86. The van der Waals surface area contributed by atoms with Crippen LogP contribution in [0.3, 0.4) is 0 Å². The molecule has 0 unspecified atom stereocenters. The van der Waals surface area contributed by atoms with Crippen LogP contribution >= 0.6 is 0 Å². The van der Waals surface area contributed by atoms with Gasteiger partial charge in [-0.2, -0.15) is 0 Å². The Kier molecular flexibility index (Phi) is 4.57. The molecule has 1 aliphatic rings. The van der Waals surface area contributed by atoms with Crippen molar-refractivity contribution in [2.24, 2.45) is 0 Å². The highest BCUT2D eigenvalue weighted by Gasteiger charge is 2.24. The molecule has 0 aliphatic carbocycles. The molecule has 0 atom stereocenters. The topological polar surface area (TPSA) is 86.7 Å². The van der Waals surface area contributed by atoms with E-state index in [0.717, 1.165) is 11.3 Å². The number of hydrogen-bond donors (Lipinski definition) is 2. The summed E-state index contributed by atoms with van der Waals surface area (Å²) in [7, 11) is 1.58. The van der Waals surface area contributed by atoms with Crippen molar-refractivity contribution in [1.29, 1.82) is 0 Å². The van der Waals surface area contributed by atoms with Crippen molar-refractivity contribution in [2.45, 2.75) is 25.7 Å². The number of amides is 2. The summed E-state index contributed by atoms with van der Waals surface area (Å²) in [6, 6.07) is 4.80. The van der Waals surface area contributed by atoms with Crippen molar-refractivity contribution in [1.82, 2.24) is 5.32 Å². The predicted octanol–water partition coefficient (Wildman–Crippen LogP) is 1.19. The van der Waals surface area contributed by atoms with Gasteiger partial charge in [0.15, 0.2) is 0 Å². The summed E-state index contributed by atoms with van der Waals surface area (Å²) < 4.78 is 0. The van der Waals surface area contributed by atoms with Crippen LogP contribution in [-0.2, 0) is 16.0 Å². The second kappa shape index (κ2) is 6.39. The molecule has 6 heteroatoms. The summed E-state index contributed by atoms with van der Waals surface area (Å²) in [5.74, 6) is -1.01. The van der Waals surface area contributed by atoms with E-state index >= 15 is 0 Å². The van der Waals surface area contributed by atoms with Gasteiger partial charge in [-0.1, -0.05) is 0 Å². The van der Waals surface area contributed by atoms with E-state index in [1.807, 2.05) is 0 Å². The van der Waals surface area contributed by atoms with Gasteiger partial charge in [-0.25, -0.2) is 4.79 Å². The third kappa shape index (κ3) is 3.39. The fraction of sp³-hybridized carbons (Fsp3) is 0.400. The number of carbonyl (C=O) groups is 3. The average molecular weight is 290 g/mol. The Bertz CT molecular complexity index is 583. The van der Waals surface area contributed by atoms with E-state index in [2.05, 4.69) is 5.32 Å². The van der Waals surface area contributed by atoms with Crippen LogP contribution in [0.2, 0.25) is 0 Å². The van der Waals surface area contributed by atoms with Gasteiger partial charge in [0.1, 0.15) is 0 Å². The van der Waals surface area contributed by atoms with Gasteiger partial charge in [0.2, 0.25) is 11.8 Å². The second-order valence-electron chi connectivity index (χ2n) is 4.97. The largest absolute Gasteiger partial charge is 0.478 e. The molecule has 1 aliphatic heterocycles. The lowest BCUT2D eigenvalue weighted by atomic mass is 9.98. The molecule has 2 rings (SSSR count). The first-order valence-electron chi connectivity index (χ1n) is 6.90. The summed E-state index contributed by atoms with van der Waals surface area (Å²) >= 11 is 0. The van der Waals surface area contributed by atoms with Crippen molar-refractivity contribution in [3.63, 3.8) is 0 Å². The van der Waals surface area contributed by atoms with E-state index in [1.165, 1.54) is 6.07 Å². The van der Waals surface area contributed by atoms with Crippen LogP contribution < -0.4 is 10.2 Å². The molecule has 2 N–H and O–H groups in total. The molecular weight excluding hydrogens is 272 g/mol. The van der Waals surface area contributed by atoms with E-state index in [9.17, 15) is 14.4 Å². The Labute approximate surface area is 122 Å². The van der Waals surface area contributed by atoms with Gasteiger partial charge in [0, 0.05) is 32.1 Å². The highest BCUT2D eigenvalue weighted by molar-refractivity contribution is 5.97. The van der Waals surface area contributed by atoms with E-state index in [4.69, 9.17) is 5.11 Å². The number of carboxylic acids is 1. The molecule has 0 bridgehead atoms. The number of rotatable bonds is 5. The van der Waals surface area contributed by atoms with Gasteiger partial charge in [-0.15, -0.1) is 0 Å². The van der Waals surface area contributed by atoms with E-state index in [1.54, 1.807) is 24.1 Å². The molecule has 2 amide bonds. The molecule has 1 heterocycles. The molecule has 0 aromatic heterocycles. The van der Waals surface area contributed by atoms with Crippen LogP contribution in [0, 0.1) is 0 Å². The second-order valence-corrected chi connectivity index (χ2v) is 4.97. The maximum absolute atomic E-state index is 12.0. The monoisotopic (exact) mass is 290 g/mol. The molecule has 0 spiro atoms. The Hall–Kier alpha value is -2.37. The fourth-order valence-electron chi connectivity index (χ4n) is 2.46. The van der Waals surface area contributed by atoms with Crippen molar-refractivity contribution in [3.8, 4) is 0 Å². The highest BCUT2D eigenvalue weighted by Crippen LogP contribution is 2.29. The van der Waals surface area contributed by atoms with Crippen LogP contribution in [0.5, 0.6) is 0 Å². The number of nitrogens with zero attached hydrogens (tertiary/aromatic N) is 1. The Morgan fingerprint density at radius 3 is 2.76 bits per heavy atom. The molecule has 0 saturated carbocycles. The van der Waals surface area contributed by atoms with E-state index < -0.39 is 5.97 Å². The maximum atomic E-state index is 12.0. The summed E-state index contributed by atoms with van der Waals surface area (Å²) in [4.78, 5) is 35.9.